The van der Waals surface area contributed by atoms with E-state index in [1.165, 1.54) is 6.42 Å². The summed E-state index contributed by atoms with van der Waals surface area (Å²) < 4.78 is 36.3. The summed E-state index contributed by atoms with van der Waals surface area (Å²) in [7, 11) is -2.41. The Morgan fingerprint density at radius 3 is 2.62 bits per heavy atom. The van der Waals surface area contributed by atoms with Gasteiger partial charge >= 0.3 is 0 Å². The standard InChI is InChI=1S/C20H24N2O2.C10H16O4S/c1-3-13-12-22-9-7-14(13)10-19(22)20(23)16-6-8-21-18-5-4-15(24-2)11-17(16)18;1-9(2)7-3-4-10(9,8(11)5-7)6-15(12,13)14/h3-6,8,11,13-14,19-20,23H,1,7,9-10,12H2,2H3;7H,3-6H2,1-2H3,(H,12,13,14)/t13-,14-,19-,20+;7-,10-/m01/s1. The molecule has 2 N–H and O–H groups in total. The van der Waals surface area contributed by atoms with Gasteiger partial charge in [0.05, 0.1) is 29.9 Å². The van der Waals surface area contributed by atoms with Crippen LogP contribution in [0.3, 0.4) is 0 Å². The number of pyridine rings is 1. The van der Waals surface area contributed by atoms with E-state index in [2.05, 4.69) is 22.5 Å². The van der Waals surface area contributed by atoms with Crippen molar-refractivity contribution < 1.29 is 27.6 Å². The van der Waals surface area contributed by atoms with Crippen LogP contribution < -0.4 is 4.74 Å². The van der Waals surface area contributed by atoms with E-state index in [-0.39, 0.29) is 23.2 Å². The molecular formula is C30H40N2O6S. The monoisotopic (exact) mass is 556 g/mol. The number of rotatable bonds is 6. The normalized spacial score (nSPS) is 33.5. The summed E-state index contributed by atoms with van der Waals surface area (Å²) in [4.78, 5) is 18.7. The van der Waals surface area contributed by atoms with Gasteiger partial charge in [0.1, 0.15) is 11.5 Å². The number of benzene rings is 1. The second kappa shape index (κ2) is 10.3. The highest BCUT2D eigenvalue weighted by Gasteiger charge is 2.65. The molecule has 5 aliphatic rings. The fraction of sp³-hybridized carbons (Fsp3) is 0.600. The topological polar surface area (TPSA) is 117 Å². The third kappa shape index (κ3) is 4.92. The highest BCUT2D eigenvalue weighted by Crippen LogP contribution is 2.64. The SMILES string of the molecule is C=C[C@H]1CN2CC[C@H]1C[C@H]2[C@H](O)c1ccnc2ccc(OC)cc12.CC1(C)[C@@H]2CC[C@@]1(CS(=O)(=O)O)C(=O)C2. The van der Waals surface area contributed by atoms with Crippen LogP contribution >= 0.6 is 0 Å². The van der Waals surface area contributed by atoms with Crippen molar-refractivity contribution in [2.75, 3.05) is 26.0 Å². The molecule has 0 spiro atoms. The van der Waals surface area contributed by atoms with Gasteiger partial charge in [-0.1, -0.05) is 19.9 Å². The molecule has 1 aromatic heterocycles. The summed E-state index contributed by atoms with van der Waals surface area (Å²) in [6, 6.07) is 7.96. The third-order valence-corrected chi connectivity index (χ3v) is 11.2. The summed E-state index contributed by atoms with van der Waals surface area (Å²) in [6.45, 7) is 9.96. The molecule has 5 fully saturated rings. The molecule has 3 saturated heterocycles. The number of Topliss-reactive ketones (excluding diaryl/α,β-unsaturated/α-hetero) is 1. The molecule has 7 atom stereocenters. The Morgan fingerprint density at radius 2 is 2.05 bits per heavy atom. The van der Waals surface area contributed by atoms with Crippen LogP contribution in [0.15, 0.2) is 43.1 Å². The Labute approximate surface area is 231 Å². The number of aromatic nitrogens is 1. The smallest absolute Gasteiger partial charge is 0.265 e. The summed E-state index contributed by atoms with van der Waals surface area (Å²) in [5.74, 6) is 1.91. The molecule has 212 valence electrons. The number of ether oxygens (including phenoxy) is 1. The van der Waals surface area contributed by atoms with E-state index in [0.717, 1.165) is 48.1 Å². The molecule has 1 unspecified atom stereocenters. The lowest BCUT2D eigenvalue weighted by atomic mass is 9.70. The Kier molecular flexibility index (Phi) is 7.41. The number of piperidine rings is 3. The van der Waals surface area contributed by atoms with Crippen molar-refractivity contribution in [1.82, 2.24) is 9.88 Å². The highest BCUT2D eigenvalue weighted by atomic mass is 32.2. The van der Waals surface area contributed by atoms with E-state index >= 15 is 0 Å². The molecule has 2 saturated carbocycles. The van der Waals surface area contributed by atoms with Gasteiger partial charge in [0.25, 0.3) is 10.1 Å². The minimum atomic E-state index is -4.08. The molecule has 2 aliphatic carbocycles. The largest absolute Gasteiger partial charge is 0.497 e. The highest BCUT2D eigenvalue weighted by molar-refractivity contribution is 7.85. The number of methoxy groups -OCH3 is 1. The number of hydrogen-bond donors (Lipinski definition) is 2. The molecule has 9 heteroatoms. The van der Waals surface area contributed by atoms with Crippen molar-refractivity contribution in [2.45, 2.75) is 58.1 Å². The lowest BCUT2D eigenvalue weighted by Crippen LogP contribution is -2.54. The van der Waals surface area contributed by atoms with E-state index in [9.17, 15) is 18.3 Å². The van der Waals surface area contributed by atoms with Crippen molar-refractivity contribution in [2.24, 2.45) is 28.6 Å². The van der Waals surface area contributed by atoms with Crippen LogP contribution in [-0.4, -0.2) is 65.7 Å². The molecule has 4 heterocycles. The van der Waals surface area contributed by atoms with Crippen LogP contribution in [-0.2, 0) is 14.9 Å². The Balaban J connectivity index is 0.000000177. The first-order valence-electron chi connectivity index (χ1n) is 13.9. The predicted octanol–water partition coefficient (Wildman–Crippen LogP) is 4.44. The second-order valence-corrected chi connectivity index (χ2v) is 13.8. The van der Waals surface area contributed by atoms with E-state index in [1.807, 2.05) is 38.1 Å². The number of carbonyl (C=O) groups is 1. The van der Waals surface area contributed by atoms with E-state index in [1.54, 1.807) is 13.3 Å². The van der Waals surface area contributed by atoms with Gasteiger partial charge in [-0.05, 0) is 85.2 Å². The van der Waals surface area contributed by atoms with Crippen molar-refractivity contribution in [3.8, 4) is 5.75 Å². The number of hydrogen-bond acceptors (Lipinski definition) is 7. The first-order valence-corrected chi connectivity index (χ1v) is 15.5. The van der Waals surface area contributed by atoms with Gasteiger partial charge in [0.2, 0.25) is 0 Å². The minimum Gasteiger partial charge on any atom is -0.497 e. The maximum Gasteiger partial charge on any atom is 0.265 e. The summed E-state index contributed by atoms with van der Waals surface area (Å²) in [5.41, 5.74) is 0.726. The van der Waals surface area contributed by atoms with Gasteiger partial charge in [-0.3, -0.25) is 19.2 Å². The molecular weight excluding hydrogens is 516 g/mol. The Morgan fingerprint density at radius 1 is 1.28 bits per heavy atom. The number of fused-ring (bicyclic) bond motifs is 6. The van der Waals surface area contributed by atoms with Gasteiger partial charge in [-0.2, -0.15) is 8.42 Å². The summed E-state index contributed by atoms with van der Waals surface area (Å²) in [6.07, 6.45) is 7.59. The van der Waals surface area contributed by atoms with Crippen molar-refractivity contribution in [3.63, 3.8) is 0 Å². The fourth-order valence-corrected chi connectivity index (χ4v) is 9.16. The number of carbonyl (C=O) groups excluding carboxylic acids is 1. The molecule has 0 radical (unpaired) electrons. The molecule has 8 nitrogen and oxygen atoms in total. The average molecular weight is 557 g/mol. The lowest BCUT2D eigenvalue weighted by molar-refractivity contribution is -0.128. The number of nitrogens with zero attached hydrogens (tertiary/aromatic N) is 2. The van der Waals surface area contributed by atoms with E-state index in [0.29, 0.717) is 24.7 Å². The van der Waals surface area contributed by atoms with Crippen LogP contribution in [0.4, 0.5) is 0 Å². The van der Waals surface area contributed by atoms with Crippen molar-refractivity contribution in [1.29, 1.82) is 0 Å². The fourth-order valence-electron chi connectivity index (χ4n) is 7.86. The molecule has 7 rings (SSSR count). The first kappa shape index (κ1) is 28.2. The van der Waals surface area contributed by atoms with Crippen LogP contribution in [0.25, 0.3) is 10.9 Å². The minimum absolute atomic E-state index is 0.0152. The molecule has 1 aromatic carbocycles. The molecule has 4 bridgehead atoms. The molecule has 0 amide bonds. The summed E-state index contributed by atoms with van der Waals surface area (Å²) >= 11 is 0. The van der Waals surface area contributed by atoms with Crippen LogP contribution in [0.1, 0.15) is 57.6 Å². The zero-order chi connectivity index (χ0) is 28.2. The predicted molar refractivity (Wildman–Crippen MR) is 150 cm³/mol. The lowest BCUT2D eigenvalue weighted by Gasteiger charge is -2.50. The van der Waals surface area contributed by atoms with Crippen LogP contribution in [0.5, 0.6) is 5.75 Å². The van der Waals surface area contributed by atoms with E-state index in [4.69, 9.17) is 9.29 Å². The van der Waals surface area contributed by atoms with Crippen LogP contribution in [0.2, 0.25) is 0 Å². The zero-order valence-electron chi connectivity index (χ0n) is 23.0. The maximum atomic E-state index is 11.9. The van der Waals surface area contributed by atoms with Gasteiger partial charge in [0, 0.05) is 30.6 Å². The number of ketones is 1. The molecule has 39 heavy (non-hydrogen) atoms. The molecule has 3 aliphatic heterocycles. The second-order valence-electron chi connectivity index (χ2n) is 12.4. The number of aliphatic hydroxyl groups is 1. The van der Waals surface area contributed by atoms with E-state index < -0.39 is 27.4 Å². The zero-order valence-corrected chi connectivity index (χ0v) is 23.9. The maximum absolute atomic E-state index is 11.9. The molecule has 2 aromatic rings. The number of aliphatic hydroxyl groups excluding tert-OH is 1. The van der Waals surface area contributed by atoms with Crippen molar-refractivity contribution in [3.05, 3.63) is 48.7 Å². The quantitative estimate of drug-likeness (QED) is 0.396. The van der Waals surface area contributed by atoms with Gasteiger partial charge in [0.15, 0.2) is 0 Å². The first-order chi connectivity index (χ1) is 18.4. The third-order valence-electron chi connectivity index (χ3n) is 10.4. The Hall–Kier alpha value is -2.33. The Bertz CT molecular complexity index is 1370. The van der Waals surface area contributed by atoms with Crippen molar-refractivity contribution >= 4 is 26.8 Å². The van der Waals surface area contributed by atoms with Gasteiger partial charge < -0.3 is 9.84 Å². The average Bonchev–Trinajstić information content (AvgIpc) is 3.26. The summed E-state index contributed by atoms with van der Waals surface area (Å²) in [5, 5.41) is 12.1. The van der Waals surface area contributed by atoms with Crippen LogP contribution in [0, 0.1) is 28.6 Å². The van der Waals surface area contributed by atoms with Gasteiger partial charge in [-0.15, -0.1) is 6.58 Å². The van der Waals surface area contributed by atoms with Gasteiger partial charge in [-0.25, -0.2) is 0 Å².